The number of hydroxylamine groups is 2. The molecule has 1 aliphatic rings. The summed E-state index contributed by atoms with van der Waals surface area (Å²) >= 11 is 0. The summed E-state index contributed by atoms with van der Waals surface area (Å²) in [6, 6.07) is 5.73. The lowest BCUT2D eigenvalue weighted by Crippen LogP contribution is -2.34. The molecule has 0 spiro atoms. The highest BCUT2D eigenvalue weighted by Crippen LogP contribution is 2.17. The summed E-state index contributed by atoms with van der Waals surface area (Å²) in [6.07, 6.45) is 2.53. The van der Waals surface area contributed by atoms with Gasteiger partial charge in [0.15, 0.2) is 0 Å². The van der Waals surface area contributed by atoms with Gasteiger partial charge in [-0.2, -0.15) is 0 Å². The molecule has 0 saturated carbocycles. The van der Waals surface area contributed by atoms with Crippen molar-refractivity contribution in [1.82, 2.24) is 5.06 Å². The third-order valence-corrected chi connectivity index (χ3v) is 2.83. The van der Waals surface area contributed by atoms with E-state index in [1.807, 2.05) is 0 Å². The first-order chi connectivity index (χ1) is 9.15. The van der Waals surface area contributed by atoms with Gasteiger partial charge in [0.05, 0.1) is 10.6 Å². The molecule has 0 bridgehead atoms. The molecule has 0 radical (unpaired) electrons. The second-order valence-corrected chi connectivity index (χ2v) is 4.30. The van der Waals surface area contributed by atoms with Gasteiger partial charge in [0.25, 0.3) is 5.69 Å². The first kappa shape index (κ1) is 13.3. The van der Waals surface area contributed by atoms with Gasteiger partial charge >= 0.3 is 6.09 Å². The number of benzene rings is 1. The summed E-state index contributed by atoms with van der Waals surface area (Å²) in [5.41, 5.74) is 0.270. The van der Waals surface area contributed by atoms with E-state index in [1.165, 1.54) is 18.2 Å². The van der Waals surface area contributed by atoms with E-state index in [2.05, 4.69) is 5.32 Å². The maximum atomic E-state index is 11.6. The molecule has 1 heterocycles. The number of non-ortho nitro benzene ring substituents is 1. The quantitative estimate of drug-likeness (QED) is 0.670. The molecule has 0 aromatic heterocycles. The largest absolute Gasteiger partial charge is 0.430 e. The van der Waals surface area contributed by atoms with Crippen molar-refractivity contribution in [2.24, 2.45) is 0 Å². The molecule has 1 saturated heterocycles. The van der Waals surface area contributed by atoms with Crippen LogP contribution in [0.2, 0.25) is 0 Å². The molecule has 1 amide bonds. The fraction of sp³-hybridized carbons (Fsp3) is 0.417. The van der Waals surface area contributed by atoms with Crippen LogP contribution in [0.15, 0.2) is 24.3 Å². The van der Waals surface area contributed by atoms with E-state index < -0.39 is 11.0 Å². The normalized spacial score (nSPS) is 15.8. The van der Waals surface area contributed by atoms with E-state index in [-0.39, 0.29) is 5.69 Å². The van der Waals surface area contributed by atoms with Gasteiger partial charge in [-0.15, -0.1) is 5.06 Å². The maximum absolute atomic E-state index is 11.6. The standard InChI is InChI=1S/C12H15N3O4/c16-12(19-14-7-2-1-3-8-14)13-10-5-4-6-11(9-10)15(17)18/h4-6,9H,1-3,7-8H2,(H,13,16). The van der Waals surface area contributed by atoms with Crippen LogP contribution in [0.25, 0.3) is 0 Å². The monoisotopic (exact) mass is 265 g/mol. The van der Waals surface area contributed by atoms with Crippen molar-refractivity contribution in [2.45, 2.75) is 19.3 Å². The number of hydrogen-bond donors (Lipinski definition) is 1. The molecule has 1 fully saturated rings. The molecule has 7 nitrogen and oxygen atoms in total. The lowest BCUT2D eigenvalue weighted by atomic mass is 10.2. The SMILES string of the molecule is O=C(Nc1cccc([N+](=O)[O-])c1)ON1CCCCC1. The van der Waals surface area contributed by atoms with Crippen LogP contribution in [0.1, 0.15) is 19.3 Å². The molecular formula is C12H15N3O4. The number of piperidine rings is 1. The molecule has 1 aromatic carbocycles. The van der Waals surface area contributed by atoms with Crippen molar-refractivity contribution in [3.8, 4) is 0 Å². The Morgan fingerprint density at radius 1 is 1.32 bits per heavy atom. The number of nitrogens with one attached hydrogen (secondary N) is 1. The predicted octanol–water partition coefficient (Wildman–Crippen LogP) is 2.54. The molecule has 1 N–H and O–H groups in total. The van der Waals surface area contributed by atoms with Gasteiger partial charge in [-0.1, -0.05) is 12.5 Å². The van der Waals surface area contributed by atoms with Crippen LogP contribution in [-0.4, -0.2) is 29.2 Å². The van der Waals surface area contributed by atoms with Crippen LogP contribution in [0, 0.1) is 10.1 Å². The minimum absolute atomic E-state index is 0.0734. The summed E-state index contributed by atoms with van der Waals surface area (Å²) in [5.74, 6) is 0. The minimum atomic E-state index is -0.623. The number of nitro benzene ring substituents is 1. The van der Waals surface area contributed by atoms with E-state index in [4.69, 9.17) is 4.84 Å². The molecule has 0 atom stereocenters. The Kier molecular flexibility index (Phi) is 4.30. The van der Waals surface area contributed by atoms with Crippen molar-refractivity contribution in [1.29, 1.82) is 0 Å². The minimum Gasteiger partial charge on any atom is -0.351 e. The molecular weight excluding hydrogens is 250 g/mol. The summed E-state index contributed by atoms with van der Waals surface area (Å²) in [6.45, 7) is 1.45. The van der Waals surface area contributed by atoms with Crippen LogP contribution >= 0.6 is 0 Å². The topological polar surface area (TPSA) is 84.7 Å². The number of nitro groups is 1. The maximum Gasteiger partial charge on any atom is 0.430 e. The van der Waals surface area contributed by atoms with Crippen molar-refractivity contribution in [3.63, 3.8) is 0 Å². The van der Waals surface area contributed by atoms with E-state index in [1.54, 1.807) is 11.1 Å². The molecule has 0 aliphatic carbocycles. The fourth-order valence-electron chi connectivity index (χ4n) is 1.91. The number of rotatable bonds is 3. The number of hydrogen-bond acceptors (Lipinski definition) is 5. The Hall–Kier alpha value is -2.15. The molecule has 0 unspecified atom stereocenters. The van der Waals surface area contributed by atoms with Gasteiger partial charge in [-0.25, -0.2) is 4.79 Å². The summed E-state index contributed by atoms with van der Waals surface area (Å²) in [4.78, 5) is 26.8. The number of nitrogens with zero attached hydrogens (tertiary/aromatic N) is 2. The Morgan fingerprint density at radius 2 is 2.05 bits per heavy atom. The molecule has 1 aliphatic heterocycles. The van der Waals surface area contributed by atoms with E-state index >= 15 is 0 Å². The predicted molar refractivity (Wildman–Crippen MR) is 68.6 cm³/mol. The third kappa shape index (κ3) is 3.92. The van der Waals surface area contributed by atoms with Crippen LogP contribution in [0.3, 0.4) is 0 Å². The van der Waals surface area contributed by atoms with Gasteiger partial charge in [0.1, 0.15) is 0 Å². The van der Waals surface area contributed by atoms with Gasteiger partial charge in [0.2, 0.25) is 0 Å². The van der Waals surface area contributed by atoms with E-state index in [0.717, 1.165) is 32.4 Å². The summed E-state index contributed by atoms with van der Waals surface area (Å²) in [5, 5.41) is 14.7. The van der Waals surface area contributed by atoms with Gasteiger partial charge < -0.3 is 4.84 Å². The van der Waals surface area contributed by atoms with Gasteiger partial charge in [0, 0.05) is 25.2 Å². The van der Waals surface area contributed by atoms with Crippen molar-refractivity contribution in [3.05, 3.63) is 34.4 Å². The fourth-order valence-corrected chi connectivity index (χ4v) is 1.91. The zero-order chi connectivity index (χ0) is 13.7. The smallest absolute Gasteiger partial charge is 0.351 e. The second-order valence-electron chi connectivity index (χ2n) is 4.30. The van der Waals surface area contributed by atoms with Crippen LogP contribution < -0.4 is 5.32 Å². The molecule has 2 rings (SSSR count). The summed E-state index contributed by atoms with van der Waals surface area (Å²) in [7, 11) is 0. The third-order valence-electron chi connectivity index (χ3n) is 2.83. The van der Waals surface area contributed by atoms with Crippen LogP contribution in [0.5, 0.6) is 0 Å². The lowest BCUT2D eigenvalue weighted by molar-refractivity contribution is -0.384. The van der Waals surface area contributed by atoms with Crippen LogP contribution in [0.4, 0.5) is 16.2 Å². The lowest BCUT2D eigenvalue weighted by Gasteiger charge is -2.24. The number of carbonyl (C=O) groups is 1. The number of amides is 1. The number of carbonyl (C=O) groups excluding carboxylic acids is 1. The zero-order valence-electron chi connectivity index (χ0n) is 10.4. The molecule has 7 heteroatoms. The molecule has 19 heavy (non-hydrogen) atoms. The van der Waals surface area contributed by atoms with Crippen LogP contribution in [-0.2, 0) is 4.84 Å². The Balaban J connectivity index is 1.90. The Bertz CT molecular complexity index is 472. The highest BCUT2D eigenvalue weighted by molar-refractivity contribution is 5.84. The van der Waals surface area contributed by atoms with Crippen molar-refractivity contribution < 1.29 is 14.6 Å². The Labute approximate surface area is 110 Å². The average Bonchev–Trinajstić information content (AvgIpc) is 2.40. The zero-order valence-corrected chi connectivity index (χ0v) is 10.4. The first-order valence-corrected chi connectivity index (χ1v) is 6.13. The van der Waals surface area contributed by atoms with Crippen molar-refractivity contribution in [2.75, 3.05) is 18.4 Å². The van der Waals surface area contributed by atoms with Gasteiger partial charge in [-0.3, -0.25) is 15.4 Å². The molecule has 102 valence electrons. The molecule has 1 aromatic rings. The first-order valence-electron chi connectivity index (χ1n) is 6.13. The van der Waals surface area contributed by atoms with E-state index in [0.29, 0.717) is 5.69 Å². The average molecular weight is 265 g/mol. The summed E-state index contributed by atoms with van der Waals surface area (Å²) < 4.78 is 0. The van der Waals surface area contributed by atoms with Crippen molar-refractivity contribution >= 4 is 17.5 Å². The number of anilines is 1. The van der Waals surface area contributed by atoms with Gasteiger partial charge in [-0.05, 0) is 18.9 Å². The highest BCUT2D eigenvalue weighted by atomic mass is 16.7. The highest BCUT2D eigenvalue weighted by Gasteiger charge is 2.15. The van der Waals surface area contributed by atoms with E-state index in [9.17, 15) is 14.9 Å². The Morgan fingerprint density at radius 3 is 2.74 bits per heavy atom. The second kappa shape index (κ2) is 6.14.